The van der Waals surface area contributed by atoms with Gasteiger partial charge in [-0.1, -0.05) is 34.6 Å². The Balaban J connectivity index is 2.35. The number of nitrogens with zero attached hydrogens (tertiary/aromatic N) is 1. The highest BCUT2D eigenvalue weighted by Crippen LogP contribution is 2.49. The summed E-state index contributed by atoms with van der Waals surface area (Å²) >= 11 is 1.84. The van der Waals surface area contributed by atoms with Gasteiger partial charge < -0.3 is 5.32 Å². The summed E-state index contributed by atoms with van der Waals surface area (Å²) in [6.45, 7) is 11.6. The molecule has 2 atom stereocenters. The molecular formula is C16H28N2S. The Morgan fingerprint density at radius 1 is 1.37 bits per heavy atom. The van der Waals surface area contributed by atoms with Gasteiger partial charge in [-0.2, -0.15) is 0 Å². The van der Waals surface area contributed by atoms with Crippen molar-refractivity contribution in [1.29, 1.82) is 0 Å². The van der Waals surface area contributed by atoms with Crippen molar-refractivity contribution in [2.45, 2.75) is 65.3 Å². The monoisotopic (exact) mass is 280 g/mol. The van der Waals surface area contributed by atoms with Gasteiger partial charge in [0.25, 0.3) is 0 Å². The van der Waals surface area contributed by atoms with Gasteiger partial charge in [-0.3, -0.25) is 0 Å². The molecule has 108 valence electrons. The molecule has 1 aliphatic rings. The van der Waals surface area contributed by atoms with Gasteiger partial charge in [-0.05, 0) is 43.6 Å². The fraction of sp³-hybridized carbons (Fsp3) is 0.812. The predicted octanol–water partition coefficient (Wildman–Crippen LogP) is 4.53. The van der Waals surface area contributed by atoms with Gasteiger partial charge in [0, 0.05) is 5.38 Å². The van der Waals surface area contributed by atoms with Crippen LogP contribution in [0.1, 0.15) is 70.5 Å². The molecule has 2 rings (SSSR count). The highest BCUT2D eigenvalue weighted by molar-refractivity contribution is 7.09. The fourth-order valence-electron chi connectivity index (χ4n) is 3.80. The molecule has 2 unspecified atom stereocenters. The van der Waals surface area contributed by atoms with Gasteiger partial charge in [-0.15, -0.1) is 11.3 Å². The average Bonchev–Trinajstić information content (AvgIpc) is 2.75. The molecule has 19 heavy (non-hydrogen) atoms. The summed E-state index contributed by atoms with van der Waals surface area (Å²) in [5, 5.41) is 7.15. The lowest BCUT2D eigenvalue weighted by atomic mass is 9.64. The summed E-state index contributed by atoms with van der Waals surface area (Å²) in [6, 6.07) is 0. The summed E-state index contributed by atoms with van der Waals surface area (Å²) < 4.78 is 0. The Labute approximate surface area is 122 Å². The number of thiazole rings is 1. The number of aromatic nitrogens is 1. The molecular weight excluding hydrogens is 252 g/mol. The smallest absolute Gasteiger partial charge is 0.113 e. The number of rotatable bonds is 3. The first-order valence-electron chi connectivity index (χ1n) is 7.43. The largest absolute Gasteiger partial charge is 0.308 e. The molecule has 1 aromatic heterocycles. The van der Waals surface area contributed by atoms with Crippen LogP contribution in [-0.4, -0.2) is 12.0 Å². The van der Waals surface area contributed by atoms with Crippen LogP contribution >= 0.6 is 11.3 Å². The molecule has 1 aromatic rings. The number of hydrogen-bond acceptors (Lipinski definition) is 3. The van der Waals surface area contributed by atoms with E-state index in [2.05, 4.69) is 52.4 Å². The van der Waals surface area contributed by atoms with Crippen LogP contribution in [0.3, 0.4) is 0 Å². The van der Waals surface area contributed by atoms with E-state index in [0.717, 1.165) is 5.92 Å². The van der Waals surface area contributed by atoms with E-state index in [1.807, 2.05) is 11.3 Å². The lowest BCUT2D eigenvalue weighted by Crippen LogP contribution is -2.48. The molecule has 1 saturated carbocycles. The van der Waals surface area contributed by atoms with E-state index in [1.165, 1.54) is 30.0 Å². The third-order valence-corrected chi connectivity index (χ3v) is 5.44. The molecule has 3 heteroatoms. The van der Waals surface area contributed by atoms with E-state index in [0.29, 0.717) is 11.3 Å². The third-order valence-electron chi connectivity index (χ3n) is 4.38. The van der Waals surface area contributed by atoms with Gasteiger partial charge in [0.05, 0.1) is 11.2 Å². The van der Waals surface area contributed by atoms with Crippen LogP contribution in [0.4, 0.5) is 0 Å². The Kier molecular flexibility index (Phi) is 4.08. The second-order valence-corrected chi connectivity index (χ2v) is 8.28. The number of hydrogen-bond donors (Lipinski definition) is 1. The summed E-state index contributed by atoms with van der Waals surface area (Å²) in [5.41, 5.74) is 1.72. The van der Waals surface area contributed by atoms with Crippen molar-refractivity contribution in [3.63, 3.8) is 0 Å². The minimum absolute atomic E-state index is 0.0823. The molecule has 0 aromatic carbocycles. The van der Waals surface area contributed by atoms with Crippen LogP contribution < -0.4 is 5.32 Å². The fourth-order valence-corrected chi connectivity index (χ4v) is 5.00. The Morgan fingerprint density at radius 3 is 2.53 bits per heavy atom. The van der Waals surface area contributed by atoms with Crippen molar-refractivity contribution >= 4 is 11.3 Å². The van der Waals surface area contributed by atoms with E-state index >= 15 is 0 Å². The summed E-state index contributed by atoms with van der Waals surface area (Å²) in [5.74, 6) is 1.27. The molecule has 0 saturated heterocycles. The zero-order chi connectivity index (χ0) is 14.3. The van der Waals surface area contributed by atoms with Crippen LogP contribution in [0.15, 0.2) is 5.38 Å². The first kappa shape index (κ1) is 15.0. The lowest BCUT2D eigenvalue weighted by molar-refractivity contribution is 0.0850. The van der Waals surface area contributed by atoms with Gasteiger partial charge >= 0.3 is 0 Å². The van der Waals surface area contributed by atoms with Crippen molar-refractivity contribution in [2.24, 2.45) is 11.3 Å². The maximum atomic E-state index is 4.93. The summed E-state index contributed by atoms with van der Waals surface area (Å²) in [6.07, 6.45) is 3.71. The van der Waals surface area contributed by atoms with Crippen LogP contribution in [0.2, 0.25) is 0 Å². The Hall–Kier alpha value is -0.410. The summed E-state index contributed by atoms with van der Waals surface area (Å²) in [7, 11) is 2.10. The van der Waals surface area contributed by atoms with Crippen LogP contribution in [-0.2, 0) is 5.54 Å². The highest BCUT2D eigenvalue weighted by Gasteiger charge is 2.44. The zero-order valence-corrected chi connectivity index (χ0v) is 14.0. The third kappa shape index (κ3) is 3.03. The van der Waals surface area contributed by atoms with E-state index in [4.69, 9.17) is 4.98 Å². The second kappa shape index (κ2) is 5.17. The maximum Gasteiger partial charge on any atom is 0.113 e. The molecule has 0 spiro atoms. The average molecular weight is 280 g/mol. The minimum atomic E-state index is 0.0823. The molecule has 0 bridgehead atoms. The van der Waals surface area contributed by atoms with Crippen molar-refractivity contribution in [3.8, 4) is 0 Å². The molecule has 2 nitrogen and oxygen atoms in total. The van der Waals surface area contributed by atoms with Gasteiger partial charge in [-0.25, -0.2) is 4.98 Å². The topological polar surface area (TPSA) is 24.9 Å². The minimum Gasteiger partial charge on any atom is -0.308 e. The van der Waals surface area contributed by atoms with E-state index in [-0.39, 0.29) is 5.54 Å². The second-order valence-electron chi connectivity index (χ2n) is 7.42. The van der Waals surface area contributed by atoms with Crippen molar-refractivity contribution in [3.05, 3.63) is 16.1 Å². The Morgan fingerprint density at radius 2 is 2.05 bits per heavy atom. The summed E-state index contributed by atoms with van der Waals surface area (Å²) in [4.78, 5) is 4.93. The van der Waals surface area contributed by atoms with Gasteiger partial charge in [0.2, 0.25) is 0 Å². The van der Waals surface area contributed by atoms with Gasteiger partial charge in [0.1, 0.15) is 5.01 Å². The van der Waals surface area contributed by atoms with E-state index in [1.54, 1.807) is 0 Å². The lowest BCUT2D eigenvalue weighted by Gasteiger charge is -2.46. The quantitative estimate of drug-likeness (QED) is 0.880. The first-order valence-corrected chi connectivity index (χ1v) is 8.31. The van der Waals surface area contributed by atoms with Crippen LogP contribution in [0.5, 0.6) is 0 Å². The molecule has 1 N–H and O–H groups in total. The van der Waals surface area contributed by atoms with E-state index in [9.17, 15) is 0 Å². The Bertz CT molecular complexity index is 436. The SMILES string of the molecule is CNC1(c2nc(C(C)C)cs2)CC(C)CC(C)(C)C1. The molecule has 1 aliphatic carbocycles. The molecule has 0 aliphatic heterocycles. The molecule has 0 radical (unpaired) electrons. The van der Waals surface area contributed by atoms with Crippen LogP contribution in [0, 0.1) is 11.3 Å². The van der Waals surface area contributed by atoms with E-state index < -0.39 is 0 Å². The molecule has 1 fully saturated rings. The maximum absolute atomic E-state index is 4.93. The standard InChI is InChI=1S/C16H28N2S/c1-11(2)13-9-19-14(18-13)16(17-6)8-12(3)7-15(4,5)10-16/h9,11-12,17H,7-8,10H2,1-6H3. The van der Waals surface area contributed by atoms with Crippen molar-refractivity contribution in [1.82, 2.24) is 10.3 Å². The zero-order valence-electron chi connectivity index (χ0n) is 13.2. The number of nitrogens with one attached hydrogen (secondary N) is 1. The van der Waals surface area contributed by atoms with Crippen molar-refractivity contribution in [2.75, 3.05) is 7.05 Å². The molecule has 0 amide bonds. The normalized spacial score (nSPS) is 30.8. The molecule has 1 heterocycles. The van der Waals surface area contributed by atoms with Crippen molar-refractivity contribution < 1.29 is 0 Å². The predicted molar refractivity (Wildman–Crippen MR) is 83.7 cm³/mol. The highest BCUT2D eigenvalue weighted by atomic mass is 32.1. The van der Waals surface area contributed by atoms with Crippen LogP contribution in [0.25, 0.3) is 0 Å². The first-order chi connectivity index (χ1) is 8.78. The van der Waals surface area contributed by atoms with Gasteiger partial charge in [0.15, 0.2) is 0 Å².